The standard InChI is InChI=1S/C26H19Cl2N3O5/c1-16-6-10-20(23(12-16)31(33)34)25-11-9-19(36-25)14-29-30-26(32)21-4-2-3-5-24(21)35-15-17-7-8-18(27)13-22(17)28/h2-14H,15H2,1H3,(H,30,32)/b29-14+. The molecule has 0 bridgehead atoms. The molecule has 4 aromatic rings. The molecule has 1 N–H and O–H groups in total. The monoisotopic (exact) mass is 523 g/mol. The molecule has 0 aliphatic heterocycles. The smallest absolute Gasteiger partial charge is 0.280 e. The number of aryl methyl sites for hydroxylation is 1. The fourth-order valence-electron chi connectivity index (χ4n) is 3.36. The highest BCUT2D eigenvalue weighted by Gasteiger charge is 2.18. The Morgan fingerprint density at radius 3 is 2.69 bits per heavy atom. The Bertz CT molecular complexity index is 1470. The van der Waals surface area contributed by atoms with Gasteiger partial charge in [0, 0.05) is 21.7 Å². The van der Waals surface area contributed by atoms with Crippen molar-refractivity contribution in [3.05, 3.63) is 115 Å². The van der Waals surface area contributed by atoms with E-state index in [2.05, 4.69) is 10.5 Å². The highest BCUT2D eigenvalue weighted by atomic mass is 35.5. The van der Waals surface area contributed by atoms with Crippen LogP contribution < -0.4 is 10.2 Å². The Balaban J connectivity index is 1.43. The summed E-state index contributed by atoms with van der Waals surface area (Å²) in [4.78, 5) is 23.6. The molecule has 0 radical (unpaired) electrons. The number of nitrogens with one attached hydrogen (secondary N) is 1. The number of nitrogens with zero attached hydrogens (tertiary/aromatic N) is 2. The molecule has 0 saturated carbocycles. The molecular formula is C26H19Cl2N3O5. The summed E-state index contributed by atoms with van der Waals surface area (Å²) in [5.74, 6) is 0.476. The summed E-state index contributed by atoms with van der Waals surface area (Å²) < 4.78 is 11.5. The lowest BCUT2D eigenvalue weighted by molar-refractivity contribution is -0.384. The second-order valence-electron chi connectivity index (χ2n) is 7.70. The van der Waals surface area contributed by atoms with Crippen LogP contribution in [0.1, 0.15) is 27.2 Å². The molecule has 0 atom stereocenters. The lowest BCUT2D eigenvalue weighted by Gasteiger charge is -2.11. The molecule has 0 fully saturated rings. The molecule has 4 rings (SSSR count). The second-order valence-corrected chi connectivity index (χ2v) is 8.54. The van der Waals surface area contributed by atoms with Gasteiger partial charge in [-0.05, 0) is 55.0 Å². The molecular weight excluding hydrogens is 505 g/mol. The highest BCUT2D eigenvalue weighted by Crippen LogP contribution is 2.31. The van der Waals surface area contributed by atoms with Crippen molar-refractivity contribution in [3.63, 3.8) is 0 Å². The summed E-state index contributed by atoms with van der Waals surface area (Å²) in [6, 6.07) is 19.9. The van der Waals surface area contributed by atoms with Crippen LogP contribution >= 0.6 is 23.2 Å². The number of para-hydroxylation sites is 1. The molecule has 0 aliphatic rings. The zero-order valence-electron chi connectivity index (χ0n) is 18.9. The third-order valence-corrected chi connectivity index (χ3v) is 5.72. The maximum atomic E-state index is 12.7. The normalized spacial score (nSPS) is 11.0. The van der Waals surface area contributed by atoms with E-state index in [0.29, 0.717) is 32.9 Å². The lowest BCUT2D eigenvalue weighted by atomic mass is 10.1. The van der Waals surface area contributed by atoms with Crippen molar-refractivity contribution in [2.75, 3.05) is 0 Å². The summed E-state index contributed by atoms with van der Waals surface area (Å²) in [5, 5.41) is 16.3. The minimum atomic E-state index is -0.495. The number of nitro benzene ring substituents is 1. The van der Waals surface area contributed by atoms with Crippen LogP contribution in [0.3, 0.4) is 0 Å². The highest BCUT2D eigenvalue weighted by molar-refractivity contribution is 6.35. The summed E-state index contributed by atoms with van der Waals surface area (Å²) in [5.41, 5.74) is 4.48. The Morgan fingerprint density at radius 2 is 1.92 bits per heavy atom. The first kappa shape index (κ1) is 25.0. The molecule has 0 spiro atoms. The minimum Gasteiger partial charge on any atom is -0.488 e. The average Bonchev–Trinajstić information content (AvgIpc) is 3.32. The molecule has 0 saturated heterocycles. The van der Waals surface area contributed by atoms with E-state index in [4.69, 9.17) is 32.4 Å². The summed E-state index contributed by atoms with van der Waals surface area (Å²) in [6.45, 7) is 1.92. The Labute approximate surface area is 216 Å². The van der Waals surface area contributed by atoms with E-state index < -0.39 is 10.8 Å². The third kappa shape index (κ3) is 5.91. The number of carbonyl (C=O) groups excluding carboxylic acids is 1. The molecule has 0 aliphatic carbocycles. The van der Waals surface area contributed by atoms with Gasteiger partial charge in [0.2, 0.25) is 0 Å². The van der Waals surface area contributed by atoms with Gasteiger partial charge in [-0.25, -0.2) is 5.43 Å². The van der Waals surface area contributed by atoms with Crippen molar-refractivity contribution in [1.29, 1.82) is 0 Å². The zero-order valence-corrected chi connectivity index (χ0v) is 20.4. The molecule has 0 unspecified atom stereocenters. The van der Waals surface area contributed by atoms with E-state index in [1.165, 1.54) is 12.3 Å². The van der Waals surface area contributed by atoms with Crippen molar-refractivity contribution < 1.29 is 18.9 Å². The summed E-state index contributed by atoms with van der Waals surface area (Å²) >= 11 is 12.1. The number of hydrogen-bond donors (Lipinski definition) is 1. The van der Waals surface area contributed by atoms with Crippen LogP contribution in [0, 0.1) is 17.0 Å². The van der Waals surface area contributed by atoms with Gasteiger partial charge in [-0.15, -0.1) is 0 Å². The van der Waals surface area contributed by atoms with Crippen LogP contribution in [0.5, 0.6) is 5.75 Å². The largest absolute Gasteiger partial charge is 0.488 e. The van der Waals surface area contributed by atoms with Gasteiger partial charge in [0.1, 0.15) is 23.9 Å². The number of halogens is 2. The van der Waals surface area contributed by atoms with Gasteiger partial charge in [0.25, 0.3) is 11.6 Å². The predicted octanol–water partition coefficient (Wildman–Crippen LogP) is 6.81. The molecule has 1 amide bonds. The Morgan fingerprint density at radius 1 is 1.11 bits per heavy atom. The first-order valence-electron chi connectivity index (χ1n) is 10.7. The lowest BCUT2D eigenvalue weighted by Crippen LogP contribution is -2.18. The number of hydrogen-bond acceptors (Lipinski definition) is 6. The van der Waals surface area contributed by atoms with E-state index >= 15 is 0 Å². The van der Waals surface area contributed by atoms with Crippen LogP contribution in [0.4, 0.5) is 5.69 Å². The fraction of sp³-hybridized carbons (Fsp3) is 0.0769. The number of furan rings is 1. The summed E-state index contributed by atoms with van der Waals surface area (Å²) in [6.07, 6.45) is 1.30. The third-order valence-electron chi connectivity index (χ3n) is 5.13. The molecule has 1 heterocycles. The van der Waals surface area contributed by atoms with Crippen LogP contribution in [0.2, 0.25) is 10.0 Å². The van der Waals surface area contributed by atoms with Crippen molar-refractivity contribution in [2.24, 2.45) is 5.10 Å². The average molecular weight is 524 g/mol. The van der Waals surface area contributed by atoms with Crippen molar-refractivity contribution in [2.45, 2.75) is 13.5 Å². The van der Waals surface area contributed by atoms with Crippen molar-refractivity contribution in [1.82, 2.24) is 5.43 Å². The minimum absolute atomic E-state index is 0.0577. The number of benzene rings is 3. The second kappa shape index (κ2) is 11.1. The number of ether oxygens (including phenoxy) is 1. The van der Waals surface area contributed by atoms with Gasteiger partial charge in [-0.1, -0.05) is 47.5 Å². The molecule has 10 heteroatoms. The van der Waals surface area contributed by atoms with E-state index in [9.17, 15) is 14.9 Å². The zero-order chi connectivity index (χ0) is 25.7. The molecule has 36 heavy (non-hydrogen) atoms. The fourth-order valence-corrected chi connectivity index (χ4v) is 3.82. The van der Waals surface area contributed by atoms with Crippen LogP contribution in [-0.4, -0.2) is 17.0 Å². The number of rotatable bonds is 8. The summed E-state index contributed by atoms with van der Waals surface area (Å²) in [7, 11) is 0. The van der Waals surface area contributed by atoms with Gasteiger partial charge in [0.15, 0.2) is 0 Å². The van der Waals surface area contributed by atoms with E-state index in [-0.39, 0.29) is 17.9 Å². The number of hydrazone groups is 1. The van der Waals surface area contributed by atoms with Crippen molar-refractivity contribution in [3.8, 4) is 17.1 Å². The number of carbonyl (C=O) groups is 1. The van der Waals surface area contributed by atoms with Crippen LogP contribution in [0.15, 0.2) is 82.3 Å². The van der Waals surface area contributed by atoms with Gasteiger partial charge in [-0.2, -0.15) is 5.10 Å². The maximum Gasteiger partial charge on any atom is 0.280 e. The quantitative estimate of drug-likeness (QED) is 0.155. The van der Waals surface area contributed by atoms with E-state index in [1.807, 2.05) is 0 Å². The van der Waals surface area contributed by atoms with Crippen LogP contribution in [-0.2, 0) is 6.61 Å². The molecule has 1 aromatic heterocycles. The van der Waals surface area contributed by atoms with E-state index in [1.54, 1.807) is 73.7 Å². The first-order valence-corrected chi connectivity index (χ1v) is 11.4. The SMILES string of the molecule is Cc1ccc(-c2ccc(/C=N/NC(=O)c3ccccc3OCc3ccc(Cl)cc3Cl)o2)c([N+](=O)[O-])c1. The van der Waals surface area contributed by atoms with Gasteiger partial charge in [0.05, 0.1) is 22.3 Å². The predicted molar refractivity (Wildman–Crippen MR) is 138 cm³/mol. The maximum absolute atomic E-state index is 12.7. The molecule has 182 valence electrons. The van der Waals surface area contributed by atoms with Crippen molar-refractivity contribution >= 4 is 41.0 Å². The Hall–Kier alpha value is -4.14. The van der Waals surface area contributed by atoms with Gasteiger partial charge < -0.3 is 9.15 Å². The Kier molecular flexibility index (Phi) is 7.68. The van der Waals surface area contributed by atoms with Gasteiger partial charge in [-0.3, -0.25) is 14.9 Å². The molecule has 8 nitrogen and oxygen atoms in total. The van der Waals surface area contributed by atoms with Gasteiger partial charge >= 0.3 is 0 Å². The topological polar surface area (TPSA) is 107 Å². The molecule has 3 aromatic carbocycles. The van der Waals surface area contributed by atoms with E-state index in [0.717, 1.165) is 11.1 Å². The number of amides is 1. The van der Waals surface area contributed by atoms with Crippen LogP contribution in [0.25, 0.3) is 11.3 Å². The number of nitro groups is 1. The first-order chi connectivity index (χ1) is 17.3.